The molecular formula is C26H32F2O3. The molecule has 1 saturated carbocycles. The minimum absolute atomic E-state index is 0.241. The fourth-order valence-corrected chi connectivity index (χ4v) is 3.96. The number of carbonyl (C=O) groups is 1. The maximum atomic E-state index is 14.1. The molecule has 3 rings (SSSR count). The molecule has 2 aromatic rings. The summed E-state index contributed by atoms with van der Waals surface area (Å²) in [5, 5.41) is 0. The van der Waals surface area contributed by atoms with E-state index in [0.29, 0.717) is 5.56 Å². The minimum atomic E-state index is -2.83. The number of unbranched alkanes of at least 4 members (excludes halogenated alkanes) is 5. The third kappa shape index (κ3) is 6.28. The van der Waals surface area contributed by atoms with Gasteiger partial charge in [0.25, 0.3) is 5.92 Å². The van der Waals surface area contributed by atoms with Gasteiger partial charge in [0.05, 0.1) is 18.4 Å². The highest BCUT2D eigenvalue weighted by Crippen LogP contribution is 2.61. The Kier molecular flexibility index (Phi) is 8.05. The molecule has 2 atom stereocenters. The second-order valence-corrected chi connectivity index (χ2v) is 8.32. The van der Waals surface area contributed by atoms with Crippen molar-refractivity contribution in [2.24, 2.45) is 5.92 Å². The molecule has 5 heteroatoms. The first-order chi connectivity index (χ1) is 14.9. The molecule has 0 unspecified atom stereocenters. The number of alkyl halides is 2. The summed E-state index contributed by atoms with van der Waals surface area (Å²) in [5.74, 6) is -4.34. The van der Waals surface area contributed by atoms with Gasteiger partial charge in [-0.25, -0.2) is 8.78 Å². The van der Waals surface area contributed by atoms with Crippen molar-refractivity contribution in [3.8, 4) is 16.9 Å². The summed E-state index contributed by atoms with van der Waals surface area (Å²) >= 11 is 0. The molecule has 1 aliphatic rings. The SMILES string of the molecule is CCCCCCCCOc1ccc(-c2ccc([C@H]3[C@H](COC(C)=O)C3(F)F)cc2)cc1. The Labute approximate surface area is 183 Å². The molecule has 0 saturated heterocycles. The standard InChI is InChI=1S/C26H32F2O3/c1-3-4-5-6-7-8-17-30-23-15-13-21(14-16-23)20-9-11-22(12-10-20)25-24(26(25,27)28)18-31-19(2)29/h9-16,24-25H,3-8,17-18H2,1-2H3/t24-,25-/m0/s1. The summed E-state index contributed by atoms with van der Waals surface area (Å²) in [6.07, 6.45) is 7.40. The van der Waals surface area contributed by atoms with Crippen LogP contribution in [0.5, 0.6) is 5.75 Å². The van der Waals surface area contributed by atoms with E-state index in [0.717, 1.165) is 29.9 Å². The lowest BCUT2D eigenvalue weighted by Gasteiger charge is -2.08. The fraction of sp³-hybridized carbons (Fsp3) is 0.500. The van der Waals surface area contributed by atoms with Crippen LogP contribution in [-0.2, 0) is 9.53 Å². The average Bonchev–Trinajstić information content (AvgIpc) is 3.32. The van der Waals surface area contributed by atoms with E-state index in [1.807, 2.05) is 36.4 Å². The molecular weight excluding hydrogens is 398 g/mol. The molecule has 31 heavy (non-hydrogen) atoms. The van der Waals surface area contributed by atoms with E-state index in [9.17, 15) is 13.6 Å². The Hall–Kier alpha value is -2.43. The second-order valence-electron chi connectivity index (χ2n) is 8.32. The lowest BCUT2D eigenvalue weighted by atomic mass is 10.0. The van der Waals surface area contributed by atoms with Crippen LogP contribution < -0.4 is 4.74 Å². The number of hydrogen-bond donors (Lipinski definition) is 0. The van der Waals surface area contributed by atoms with Crippen LogP contribution in [0.1, 0.15) is 63.9 Å². The molecule has 0 radical (unpaired) electrons. The molecule has 0 aromatic heterocycles. The van der Waals surface area contributed by atoms with Crippen molar-refractivity contribution in [3.05, 3.63) is 54.1 Å². The van der Waals surface area contributed by atoms with Crippen LogP contribution in [-0.4, -0.2) is 25.1 Å². The molecule has 0 N–H and O–H groups in total. The highest BCUT2D eigenvalue weighted by molar-refractivity contribution is 5.66. The largest absolute Gasteiger partial charge is 0.494 e. The van der Waals surface area contributed by atoms with Crippen molar-refractivity contribution >= 4 is 5.97 Å². The molecule has 0 amide bonds. The van der Waals surface area contributed by atoms with Crippen LogP contribution >= 0.6 is 0 Å². The maximum absolute atomic E-state index is 14.1. The average molecular weight is 431 g/mol. The molecule has 168 valence electrons. The molecule has 3 nitrogen and oxygen atoms in total. The Bertz CT molecular complexity index is 831. The molecule has 1 fully saturated rings. The summed E-state index contributed by atoms with van der Waals surface area (Å²) < 4.78 is 38.7. The van der Waals surface area contributed by atoms with Gasteiger partial charge in [0.1, 0.15) is 12.4 Å². The lowest BCUT2D eigenvalue weighted by molar-refractivity contribution is -0.142. The van der Waals surface area contributed by atoms with Crippen LogP contribution in [0.25, 0.3) is 11.1 Å². The van der Waals surface area contributed by atoms with Gasteiger partial charge in [-0.1, -0.05) is 75.4 Å². The van der Waals surface area contributed by atoms with Crippen LogP contribution in [0.15, 0.2) is 48.5 Å². The van der Waals surface area contributed by atoms with Crippen LogP contribution in [0, 0.1) is 5.92 Å². The number of rotatable bonds is 12. The fourth-order valence-electron chi connectivity index (χ4n) is 3.96. The molecule has 1 aliphatic carbocycles. The zero-order chi connectivity index (χ0) is 22.3. The number of carbonyl (C=O) groups excluding carboxylic acids is 1. The monoisotopic (exact) mass is 430 g/mol. The number of esters is 1. The number of halogens is 2. The molecule has 0 spiro atoms. The van der Waals surface area contributed by atoms with Crippen molar-refractivity contribution in [1.82, 2.24) is 0 Å². The zero-order valence-electron chi connectivity index (χ0n) is 18.4. The minimum Gasteiger partial charge on any atom is -0.494 e. The lowest BCUT2D eigenvalue weighted by Crippen LogP contribution is -2.06. The third-order valence-corrected chi connectivity index (χ3v) is 5.89. The quantitative estimate of drug-likeness (QED) is 0.268. The summed E-state index contributed by atoms with van der Waals surface area (Å²) in [6.45, 7) is 3.94. The summed E-state index contributed by atoms with van der Waals surface area (Å²) in [5.41, 5.74) is 2.55. The van der Waals surface area contributed by atoms with E-state index < -0.39 is 23.7 Å². The van der Waals surface area contributed by atoms with Gasteiger partial charge in [-0.15, -0.1) is 0 Å². The Balaban J connectivity index is 1.49. The first-order valence-corrected chi connectivity index (χ1v) is 11.3. The molecule has 0 heterocycles. The van der Waals surface area contributed by atoms with Crippen molar-refractivity contribution in [2.45, 2.75) is 64.2 Å². The van der Waals surface area contributed by atoms with Crippen molar-refractivity contribution < 1.29 is 23.0 Å². The van der Waals surface area contributed by atoms with Gasteiger partial charge in [-0.3, -0.25) is 4.79 Å². The predicted octanol–water partition coefficient (Wildman–Crippen LogP) is 7.00. The summed E-state index contributed by atoms with van der Waals surface area (Å²) in [4.78, 5) is 10.9. The van der Waals surface area contributed by atoms with E-state index in [2.05, 4.69) is 6.92 Å². The van der Waals surface area contributed by atoms with Crippen molar-refractivity contribution in [1.29, 1.82) is 0 Å². The van der Waals surface area contributed by atoms with Crippen LogP contribution in [0.4, 0.5) is 8.78 Å². The Morgan fingerprint density at radius 3 is 2.10 bits per heavy atom. The topological polar surface area (TPSA) is 35.5 Å². The zero-order valence-corrected chi connectivity index (χ0v) is 18.4. The third-order valence-electron chi connectivity index (χ3n) is 5.89. The molecule has 0 bridgehead atoms. The van der Waals surface area contributed by atoms with Crippen LogP contribution in [0.2, 0.25) is 0 Å². The van der Waals surface area contributed by atoms with E-state index in [1.54, 1.807) is 12.1 Å². The highest BCUT2D eigenvalue weighted by atomic mass is 19.3. The van der Waals surface area contributed by atoms with Crippen LogP contribution in [0.3, 0.4) is 0 Å². The van der Waals surface area contributed by atoms with Gasteiger partial charge in [0.15, 0.2) is 0 Å². The first kappa shape index (κ1) is 23.2. The predicted molar refractivity (Wildman–Crippen MR) is 119 cm³/mol. The van der Waals surface area contributed by atoms with Gasteiger partial charge in [0, 0.05) is 6.92 Å². The van der Waals surface area contributed by atoms with Gasteiger partial charge in [0.2, 0.25) is 0 Å². The first-order valence-electron chi connectivity index (χ1n) is 11.3. The maximum Gasteiger partial charge on any atom is 0.302 e. The normalized spacial score (nSPS) is 19.1. The van der Waals surface area contributed by atoms with E-state index in [-0.39, 0.29) is 6.61 Å². The number of hydrogen-bond acceptors (Lipinski definition) is 3. The smallest absolute Gasteiger partial charge is 0.302 e. The Morgan fingerprint density at radius 1 is 0.903 bits per heavy atom. The van der Waals surface area contributed by atoms with Gasteiger partial charge in [-0.05, 0) is 35.2 Å². The second kappa shape index (κ2) is 10.7. The van der Waals surface area contributed by atoms with E-state index in [4.69, 9.17) is 9.47 Å². The molecule has 0 aliphatic heterocycles. The Morgan fingerprint density at radius 2 is 1.48 bits per heavy atom. The highest BCUT2D eigenvalue weighted by Gasteiger charge is 2.69. The summed E-state index contributed by atoms with van der Waals surface area (Å²) in [7, 11) is 0. The van der Waals surface area contributed by atoms with Gasteiger partial charge < -0.3 is 9.47 Å². The van der Waals surface area contributed by atoms with Gasteiger partial charge >= 0.3 is 5.97 Å². The molecule has 2 aromatic carbocycles. The van der Waals surface area contributed by atoms with Crippen molar-refractivity contribution in [3.63, 3.8) is 0 Å². The van der Waals surface area contributed by atoms with Crippen molar-refractivity contribution in [2.75, 3.05) is 13.2 Å². The van der Waals surface area contributed by atoms with E-state index in [1.165, 1.54) is 39.0 Å². The number of ether oxygens (including phenoxy) is 2. The number of benzene rings is 2. The van der Waals surface area contributed by atoms with Gasteiger partial charge in [-0.2, -0.15) is 0 Å². The summed E-state index contributed by atoms with van der Waals surface area (Å²) in [6, 6.07) is 15.1. The van der Waals surface area contributed by atoms with E-state index >= 15 is 0 Å².